The van der Waals surface area contributed by atoms with Gasteiger partial charge in [0.1, 0.15) is 5.82 Å². The van der Waals surface area contributed by atoms with E-state index in [0.717, 1.165) is 31.5 Å². The van der Waals surface area contributed by atoms with Crippen LogP contribution in [-0.2, 0) is 11.3 Å². The fraction of sp³-hybridized carbons (Fsp3) is 0.500. The minimum atomic E-state index is -0.427. The van der Waals surface area contributed by atoms with E-state index in [4.69, 9.17) is 11.6 Å². The Bertz CT molecular complexity index is 447. The molecule has 1 N–H and O–H groups in total. The van der Waals surface area contributed by atoms with E-state index in [0.29, 0.717) is 13.1 Å². The first-order valence-corrected chi connectivity index (χ1v) is 6.97. The number of amides is 1. The highest BCUT2D eigenvalue weighted by molar-refractivity contribution is 6.30. The molecule has 5 heteroatoms. The van der Waals surface area contributed by atoms with E-state index in [1.54, 1.807) is 6.07 Å². The van der Waals surface area contributed by atoms with Crippen molar-refractivity contribution in [2.75, 3.05) is 19.6 Å². The summed E-state index contributed by atoms with van der Waals surface area (Å²) in [5.41, 5.74) is 0.786. The number of benzene rings is 1. The Hall–Kier alpha value is -1.13. The molecule has 1 saturated heterocycles. The third-order valence-electron chi connectivity index (χ3n) is 3.30. The Morgan fingerprint density at radius 1 is 1.32 bits per heavy atom. The Morgan fingerprint density at radius 3 is 2.74 bits per heavy atom. The molecule has 0 radical (unpaired) electrons. The van der Waals surface area contributed by atoms with E-state index in [2.05, 4.69) is 5.32 Å². The van der Waals surface area contributed by atoms with E-state index in [-0.39, 0.29) is 10.9 Å². The fourth-order valence-electron chi connectivity index (χ4n) is 2.22. The van der Waals surface area contributed by atoms with Gasteiger partial charge in [-0.25, -0.2) is 4.39 Å². The van der Waals surface area contributed by atoms with Gasteiger partial charge >= 0.3 is 0 Å². The van der Waals surface area contributed by atoms with Crippen molar-refractivity contribution in [2.45, 2.75) is 25.8 Å². The van der Waals surface area contributed by atoms with Crippen LogP contribution in [0.1, 0.15) is 24.8 Å². The van der Waals surface area contributed by atoms with E-state index >= 15 is 0 Å². The first-order valence-electron chi connectivity index (χ1n) is 6.59. The summed E-state index contributed by atoms with van der Waals surface area (Å²) in [6.45, 7) is 2.48. The molecule has 0 unspecified atom stereocenters. The van der Waals surface area contributed by atoms with Crippen molar-refractivity contribution in [1.29, 1.82) is 0 Å². The van der Waals surface area contributed by atoms with Crippen LogP contribution >= 0.6 is 11.6 Å². The van der Waals surface area contributed by atoms with Crippen LogP contribution in [0.15, 0.2) is 18.2 Å². The number of hydrogen-bond donors (Lipinski definition) is 1. The van der Waals surface area contributed by atoms with Gasteiger partial charge in [-0.3, -0.25) is 4.79 Å². The highest BCUT2D eigenvalue weighted by Gasteiger charge is 2.15. The van der Waals surface area contributed by atoms with Crippen LogP contribution in [-0.4, -0.2) is 30.4 Å². The molecule has 1 aliphatic rings. The smallest absolute Gasteiger partial charge is 0.236 e. The number of likely N-dealkylation sites (tertiary alicyclic amines) is 1. The molecule has 1 aromatic rings. The predicted molar refractivity (Wildman–Crippen MR) is 73.5 cm³/mol. The fourth-order valence-corrected chi connectivity index (χ4v) is 2.34. The Kier molecular flexibility index (Phi) is 5.16. The lowest BCUT2D eigenvalue weighted by atomic mass is 10.1. The van der Waals surface area contributed by atoms with E-state index in [1.165, 1.54) is 18.6 Å². The molecule has 0 spiro atoms. The summed E-state index contributed by atoms with van der Waals surface area (Å²) in [7, 11) is 0. The predicted octanol–water partition coefficient (Wildman–Crippen LogP) is 2.58. The lowest BCUT2D eigenvalue weighted by molar-refractivity contribution is -0.131. The molecule has 0 bridgehead atoms. The van der Waals surface area contributed by atoms with Crippen molar-refractivity contribution in [3.63, 3.8) is 0 Å². The topological polar surface area (TPSA) is 32.3 Å². The first-order chi connectivity index (χ1) is 9.16. The summed E-state index contributed by atoms with van der Waals surface area (Å²) in [4.78, 5) is 13.8. The van der Waals surface area contributed by atoms with Crippen LogP contribution in [0.25, 0.3) is 0 Å². The van der Waals surface area contributed by atoms with Crippen LogP contribution in [0.4, 0.5) is 4.39 Å². The molecule has 19 heavy (non-hydrogen) atoms. The van der Waals surface area contributed by atoms with Gasteiger partial charge in [-0.15, -0.1) is 0 Å². The maximum atomic E-state index is 13.2. The highest BCUT2D eigenvalue weighted by atomic mass is 35.5. The lowest BCUT2D eigenvalue weighted by Gasteiger charge is -2.26. The average molecular weight is 285 g/mol. The normalized spacial score (nSPS) is 15.6. The first kappa shape index (κ1) is 14.3. The maximum absolute atomic E-state index is 13.2. The zero-order chi connectivity index (χ0) is 13.7. The molecular weight excluding hydrogens is 267 g/mol. The molecular formula is C14H18ClFN2O. The Morgan fingerprint density at radius 2 is 2.05 bits per heavy atom. The number of hydrogen-bond acceptors (Lipinski definition) is 2. The van der Waals surface area contributed by atoms with Gasteiger partial charge in [-0.05, 0) is 37.0 Å². The molecule has 104 valence electrons. The molecule has 0 aliphatic carbocycles. The molecule has 1 heterocycles. The third-order valence-corrected chi connectivity index (χ3v) is 3.60. The molecule has 1 fully saturated rings. The lowest BCUT2D eigenvalue weighted by Crippen LogP contribution is -2.40. The number of nitrogens with one attached hydrogen (secondary N) is 1. The molecule has 2 rings (SSSR count). The molecule has 1 aromatic carbocycles. The summed E-state index contributed by atoms with van der Waals surface area (Å²) < 4.78 is 13.2. The number of carbonyl (C=O) groups excluding carboxylic acids is 1. The summed E-state index contributed by atoms with van der Waals surface area (Å²) in [6, 6.07) is 4.67. The summed E-state index contributed by atoms with van der Waals surface area (Å²) in [5.74, 6) is -0.308. The SMILES string of the molecule is O=C(CNCc1ccc(Cl)c(F)c1)N1CCCCC1. The summed E-state index contributed by atoms with van der Waals surface area (Å²) in [5, 5.41) is 3.16. The minimum absolute atomic E-state index is 0.119. The highest BCUT2D eigenvalue weighted by Crippen LogP contribution is 2.15. The van der Waals surface area contributed by atoms with E-state index < -0.39 is 5.82 Å². The van der Waals surface area contributed by atoms with Gasteiger partial charge in [0.25, 0.3) is 0 Å². The van der Waals surface area contributed by atoms with Crippen LogP contribution in [0.2, 0.25) is 5.02 Å². The van der Waals surface area contributed by atoms with Gasteiger partial charge in [0, 0.05) is 19.6 Å². The zero-order valence-electron chi connectivity index (χ0n) is 10.8. The van der Waals surface area contributed by atoms with Crippen LogP contribution in [0, 0.1) is 5.82 Å². The summed E-state index contributed by atoms with van der Waals surface area (Å²) >= 11 is 5.61. The quantitative estimate of drug-likeness (QED) is 0.922. The number of halogens is 2. The van der Waals surface area contributed by atoms with Crippen LogP contribution in [0.3, 0.4) is 0 Å². The number of nitrogens with zero attached hydrogens (tertiary/aromatic N) is 1. The van der Waals surface area contributed by atoms with E-state index in [9.17, 15) is 9.18 Å². The minimum Gasteiger partial charge on any atom is -0.342 e. The van der Waals surface area contributed by atoms with Crippen molar-refractivity contribution in [1.82, 2.24) is 10.2 Å². The molecule has 3 nitrogen and oxygen atoms in total. The molecule has 0 saturated carbocycles. The van der Waals surface area contributed by atoms with Gasteiger partial charge in [0.15, 0.2) is 0 Å². The largest absolute Gasteiger partial charge is 0.342 e. The Balaban J connectivity index is 1.76. The van der Waals surface area contributed by atoms with Crippen molar-refractivity contribution in [2.24, 2.45) is 0 Å². The van der Waals surface area contributed by atoms with E-state index in [1.807, 2.05) is 4.90 Å². The monoisotopic (exact) mass is 284 g/mol. The maximum Gasteiger partial charge on any atom is 0.236 e. The van der Waals surface area contributed by atoms with Crippen molar-refractivity contribution >= 4 is 17.5 Å². The van der Waals surface area contributed by atoms with Gasteiger partial charge in [0.05, 0.1) is 11.6 Å². The second kappa shape index (κ2) is 6.87. The van der Waals surface area contributed by atoms with Gasteiger partial charge in [0.2, 0.25) is 5.91 Å². The molecule has 0 aromatic heterocycles. The second-order valence-electron chi connectivity index (χ2n) is 4.79. The Labute approximate surface area is 117 Å². The third kappa shape index (κ3) is 4.18. The molecule has 1 amide bonds. The number of rotatable bonds is 4. The molecule has 0 atom stereocenters. The van der Waals surface area contributed by atoms with Crippen LogP contribution < -0.4 is 5.32 Å². The average Bonchev–Trinajstić information content (AvgIpc) is 2.43. The molecule has 1 aliphatic heterocycles. The van der Waals surface area contributed by atoms with Crippen molar-refractivity contribution in [3.05, 3.63) is 34.6 Å². The van der Waals surface area contributed by atoms with Crippen LogP contribution in [0.5, 0.6) is 0 Å². The van der Waals surface area contributed by atoms with Gasteiger partial charge in [-0.1, -0.05) is 17.7 Å². The number of piperidine rings is 1. The standard InChI is InChI=1S/C14H18ClFN2O/c15-12-5-4-11(8-13(12)16)9-17-10-14(19)18-6-2-1-3-7-18/h4-5,8,17H,1-3,6-7,9-10H2. The van der Waals surface area contributed by atoms with Crippen molar-refractivity contribution < 1.29 is 9.18 Å². The summed E-state index contributed by atoms with van der Waals surface area (Å²) in [6.07, 6.45) is 3.39. The van der Waals surface area contributed by atoms with Gasteiger partial charge in [-0.2, -0.15) is 0 Å². The van der Waals surface area contributed by atoms with Gasteiger partial charge < -0.3 is 10.2 Å². The van der Waals surface area contributed by atoms with Crippen molar-refractivity contribution in [3.8, 4) is 0 Å². The number of carbonyl (C=O) groups is 1. The zero-order valence-corrected chi connectivity index (χ0v) is 11.5. The second-order valence-corrected chi connectivity index (χ2v) is 5.20.